The first kappa shape index (κ1) is 15.1. The number of aliphatic imine (C=N–C) groups is 1. The summed E-state index contributed by atoms with van der Waals surface area (Å²) < 4.78 is 15.9. The van der Waals surface area contributed by atoms with Gasteiger partial charge >= 0.3 is 0 Å². The van der Waals surface area contributed by atoms with Gasteiger partial charge in [-0.1, -0.05) is 6.92 Å². The molecule has 0 amide bonds. The fourth-order valence-corrected chi connectivity index (χ4v) is 1.72. The highest BCUT2D eigenvalue weighted by Crippen LogP contribution is 2.39. The van der Waals surface area contributed by atoms with Crippen LogP contribution in [0.1, 0.15) is 18.9 Å². The van der Waals surface area contributed by atoms with Gasteiger partial charge in [0.2, 0.25) is 5.75 Å². The Morgan fingerprint density at radius 1 is 1.16 bits per heavy atom. The van der Waals surface area contributed by atoms with E-state index >= 15 is 0 Å². The molecule has 0 aliphatic heterocycles. The Balaban J connectivity index is 3.34. The van der Waals surface area contributed by atoms with Gasteiger partial charge in [0.25, 0.3) is 0 Å². The molecule has 0 saturated carbocycles. The lowest BCUT2D eigenvalue weighted by Crippen LogP contribution is -2.31. The fourth-order valence-electron chi connectivity index (χ4n) is 1.72. The molecule has 1 aromatic rings. The van der Waals surface area contributed by atoms with Crippen LogP contribution in [-0.2, 0) is 0 Å². The smallest absolute Gasteiger partial charge is 0.204 e. The number of methoxy groups -OCH3 is 3. The van der Waals surface area contributed by atoms with E-state index in [1.165, 1.54) is 0 Å². The SMILES string of the molecule is CCCN=C(NN)c1ccc(OC)c(OC)c1OC. The lowest BCUT2D eigenvalue weighted by molar-refractivity contribution is 0.324. The summed E-state index contributed by atoms with van der Waals surface area (Å²) in [5, 5.41) is 0. The molecule has 0 aliphatic carbocycles. The number of nitrogens with two attached hydrogens (primary N) is 1. The van der Waals surface area contributed by atoms with Crippen LogP contribution >= 0.6 is 0 Å². The number of hydrazine groups is 1. The van der Waals surface area contributed by atoms with Crippen molar-refractivity contribution in [1.82, 2.24) is 5.43 Å². The van der Waals surface area contributed by atoms with Gasteiger partial charge in [-0.3, -0.25) is 4.99 Å². The van der Waals surface area contributed by atoms with Crippen molar-refractivity contribution < 1.29 is 14.2 Å². The first-order chi connectivity index (χ1) is 9.23. The normalized spacial score (nSPS) is 11.1. The second kappa shape index (κ2) is 7.48. The quantitative estimate of drug-likeness (QED) is 0.352. The molecule has 0 aliphatic rings. The van der Waals surface area contributed by atoms with Crippen LogP contribution < -0.4 is 25.5 Å². The predicted molar refractivity (Wildman–Crippen MR) is 75.1 cm³/mol. The average molecular weight is 267 g/mol. The monoisotopic (exact) mass is 267 g/mol. The Bertz CT molecular complexity index is 447. The summed E-state index contributed by atoms with van der Waals surface area (Å²) in [6.45, 7) is 2.72. The third-order valence-corrected chi connectivity index (χ3v) is 2.59. The highest BCUT2D eigenvalue weighted by molar-refractivity contribution is 6.02. The molecular weight excluding hydrogens is 246 g/mol. The zero-order valence-electron chi connectivity index (χ0n) is 11.8. The van der Waals surface area contributed by atoms with E-state index in [0.717, 1.165) is 12.0 Å². The van der Waals surface area contributed by atoms with Crippen LogP contribution in [-0.4, -0.2) is 33.7 Å². The van der Waals surface area contributed by atoms with E-state index in [9.17, 15) is 0 Å². The number of hydrogen-bond donors (Lipinski definition) is 2. The maximum absolute atomic E-state index is 5.52. The van der Waals surface area contributed by atoms with Crippen LogP contribution in [0.5, 0.6) is 17.2 Å². The van der Waals surface area contributed by atoms with E-state index in [-0.39, 0.29) is 0 Å². The van der Waals surface area contributed by atoms with Gasteiger partial charge in [-0.2, -0.15) is 0 Å². The predicted octanol–water partition coefficient (Wildman–Crippen LogP) is 1.33. The third-order valence-electron chi connectivity index (χ3n) is 2.59. The zero-order chi connectivity index (χ0) is 14.3. The minimum atomic E-state index is 0.516. The van der Waals surface area contributed by atoms with Gasteiger partial charge in [-0.15, -0.1) is 0 Å². The van der Waals surface area contributed by atoms with E-state index < -0.39 is 0 Å². The zero-order valence-corrected chi connectivity index (χ0v) is 11.8. The highest BCUT2D eigenvalue weighted by atomic mass is 16.5. The van der Waals surface area contributed by atoms with Crippen LogP contribution in [0.15, 0.2) is 17.1 Å². The number of nitrogens with one attached hydrogen (secondary N) is 1. The molecule has 6 nitrogen and oxygen atoms in total. The minimum Gasteiger partial charge on any atom is -0.493 e. The molecular formula is C13H21N3O3. The van der Waals surface area contributed by atoms with E-state index in [0.29, 0.717) is 29.6 Å². The minimum absolute atomic E-state index is 0.516. The van der Waals surface area contributed by atoms with Crippen molar-refractivity contribution in [3.63, 3.8) is 0 Å². The molecule has 0 unspecified atom stereocenters. The van der Waals surface area contributed by atoms with Crippen molar-refractivity contribution in [1.29, 1.82) is 0 Å². The topological polar surface area (TPSA) is 78.1 Å². The standard InChI is InChI=1S/C13H21N3O3/c1-5-8-15-13(16-14)9-6-7-10(17-2)12(19-4)11(9)18-3/h6-7H,5,8,14H2,1-4H3,(H,15,16). The molecule has 0 bridgehead atoms. The first-order valence-corrected chi connectivity index (χ1v) is 6.03. The summed E-state index contributed by atoms with van der Waals surface area (Å²) in [5.41, 5.74) is 3.32. The molecule has 1 rings (SSSR count). The molecule has 1 aromatic carbocycles. The molecule has 19 heavy (non-hydrogen) atoms. The highest BCUT2D eigenvalue weighted by Gasteiger charge is 2.18. The largest absolute Gasteiger partial charge is 0.493 e. The van der Waals surface area contributed by atoms with E-state index in [1.807, 2.05) is 13.0 Å². The maximum atomic E-state index is 5.52. The summed E-state index contributed by atoms with van der Waals surface area (Å²) in [6, 6.07) is 3.62. The number of benzene rings is 1. The second-order valence-electron chi connectivity index (χ2n) is 3.76. The van der Waals surface area contributed by atoms with Gasteiger partial charge in [0, 0.05) is 6.54 Å². The lowest BCUT2D eigenvalue weighted by Gasteiger charge is -2.16. The summed E-state index contributed by atoms with van der Waals surface area (Å²) >= 11 is 0. The Hall–Kier alpha value is -1.95. The summed E-state index contributed by atoms with van der Waals surface area (Å²) in [6.07, 6.45) is 0.931. The van der Waals surface area contributed by atoms with E-state index in [2.05, 4.69) is 10.4 Å². The van der Waals surface area contributed by atoms with Crippen molar-refractivity contribution in [2.75, 3.05) is 27.9 Å². The van der Waals surface area contributed by atoms with Gasteiger partial charge in [0.15, 0.2) is 11.5 Å². The number of nitrogens with zero attached hydrogens (tertiary/aromatic N) is 1. The third kappa shape index (κ3) is 3.29. The molecule has 0 heterocycles. The Morgan fingerprint density at radius 3 is 2.32 bits per heavy atom. The van der Waals surface area contributed by atoms with Gasteiger partial charge in [0.1, 0.15) is 5.84 Å². The number of hydrogen-bond acceptors (Lipinski definition) is 5. The van der Waals surface area contributed by atoms with Crippen molar-refractivity contribution in [3.05, 3.63) is 17.7 Å². The number of rotatable bonds is 6. The van der Waals surface area contributed by atoms with Crippen molar-refractivity contribution in [2.24, 2.45) is 10.8 Å². The molecule has 0 spiro atoms. The average Bonchev–Trinajstić information content (AvgIpc) is 2.46. The summed E-state index contributed by atoms with van der Waals surface area (Å²) in [4.78, 5) is 4.37. The van der Waals surface area contributed by atoms with Crippen LogP contribution in [0.2, 0.25) is 0 Å². The molecule has 0 saturated heterocycles. The van der Waals surface area contributed by atoms with Crippen molar-refractivity contribution >= 4 is 5.84 Å². The molecule has 106 valence electrons. The molecule has 3 N–H and O–H groups in total. The maximum Gasteiger partial charge on any atom is 0.204 e. The lowest BCUT2D eigenvalue weighted by atomic mass is 10.1. The van der Waals surface area contributed by atoms with Crippen LogP contribution in [0.25, 0.3) is 0 Å². The van der Waals surface area contributed by atoms with Gasteiger partial charge < -0.3 is 19.6 Å². The second-order valence-corrected chi connectivity index (χ2v) is 3.76. The van der Waals surface area contributed by atoms with Gasteiger partial charge in [0.05, 0.1) is 26.9 Å². The molecule has 0 fully saturated rings. The Labute approximate surface area is 113 Å². The van der Waals surface area contributed by atoms with Crippen molar-refractivity contribution in [2.45, 2.75) is 13.3 Å². The van der Waals surface area contributed by atoms with E-state index in [4.69, 9.17) is 20.1 Å². The molecule has 0 radical (unpaired) electrons. The van der Waals surface area contributed by atoms with E-state index in [1.54, 1.807) is 27.4 Å². The van der Waals surface area contributed by atoms with Gasteiger partial charge in [-0.05, 0) is 18.6 Å². The van der Waals surface area contributed by atoms with Crippen molar-refractivity contribution in [3.8, 4) is 17.2 Å². The van der Waals surface area contributed by atoms with Crippen LogP contribution in [0.4, 0.5) is 0 Å². The Kier molecular flexibility index (Phi) is 5.95. The molecule has 6 heteroatoms. The Morgan fingerprint density at radius 2 is 1.84 bits per heavy atom. The summed E-state index contributed by atoms with van der Waals surface area (Å²) in [7, 11) is 4.70. The summed E-state index contributed by atoms with van der Waals surface area (Å²) in [5.74, 6) is 7.72. The van der Waals surface area contributed by atoms with Gasteiger partial charge in [-0.25, -0.2) is 5.84 Å². The molecule has 0 aromatic heterocycles. The molecule has 0 atom stereocenters. The number of ether oxygens (including phenoxy) is 3. The van der Waals surface area contributed by atoms with Crippen LogP contribution in [0.3, 0.4) is 0 Å². The number of amidine groups is 1. The first-order valence-electron chi connectivity index (χ1n) is 6.03. The fraction of sp³-hybridized carbons (Fsp3) is 0.462. The van der Waals surface area contributed by atoms with Crippen LogP contribution in [0, 0.1) is 0 Å².